The van der Waals surface area contributed by atoms with Gasteiger partial charge in [0.15, 0.2) is 6.17 Å². The van der Waals surface area contributed by atoms with Crippen molar-refractivity contribution in [3.63, 3.8) is 0 Å². The fourth-order valence-corrected chi connectivity index (χ4v) is 3.58. The highest BCUT2D eigenvalue weighted by atomic mass is 32.1. The number of thiophene rings is 1. The van der Waals surface area contributed by atoms with Crippen LogP contribution >= 0.6 is 11.3 Å². The number of hydrogen-bond acceptors (Lipinski definition) is 3. The lowest BCUT2D eigenvalue weighted by Crippen LogP contribution is -2.25. The minimum Gasteiger partial charge on any atom is -0.359 e. The topological polar surface area (TPSA) is 29.9 Å². The molecule has 100 valence electrons. The summed E-state index contributed by atoms with van der Waals surface area (Å²) in [6.07, 6.45) is 0.0901. The molecule has 0 saturated carbocycles. The number of para-hydroxylation sites is 1. The predicted octanol–water partition coefficient (Wildman–Crippen LogP) is 4.20. The highest BCUT2D eigenvalue weighted by Crippen LogP contribution is 2.40. The summed E-state index contributed by atoms with van der Waals surface area (Å²) in [5.41, 5.74) is 5.97. The standard InChI is InChI=1S/C16H15N3S/c1-10-5-3-6-12-13-9-11(2)18-19(13)16(17-15(10)12)14-7-4-8-20-14/h3-9,16-17H,1-2H3/t16-/m0/s1. The maximum absolute atomic E-state index is 4.68. The van der Waals surface area contributed by atoms with Crippen molar-refractivity contribution in [2.75, 3.05) is 5.32 Å². The first-order valence-corrected chi connectivity index (χ1v) is 7.58. The maximum Gasteiger partial charge on any atom is 0.156 e. The van der Waals surface area contributed by atoms with E-state index in [2.05, 4.69) is 63.8 Å². The van der Waals surface area contributed by atoms with Gasteiger partial charge in [0, 0.05) is 16.1 Å². The fraction of sp³-hybridized carbons (Fsp3) is 0.188. The summed E-state index contributed by atoms with van der Waals surface area (Å²) in [5, 5.41) is 10.4. The van der Waals surface area contributed by atoms with E-state index in [1.54, 1.807) is 11.3 Å². The van der Waals surface area contributed by atoms with Gasteiger partial charge in [-0.2, -0.15) is 5.10 Å². The van der Waals surface area contributed by atoms with Crippen LogP contribution in [-0.2, 0) is 0 Å². The Morgan fingerprint density at radius 1 is 1.20 bits per heavy atom. The normalized spacial score (nSPS) is 16.4. The summed E-state index contributed by atoms with van der Waals surface area (Å²) in [4.78, 5) is 1.28. The third-order valence-electron chi connectivity index (χ3n) is 3.74. The molecule has 1 aromatic carbocycles. The largest absolute Gasteiger partial charge is 0.359 e. The summed E-state index contributed by atoms with van der Waals surface area (Å²) < 4.78 is 2.10. The van der Waals surface area contributed by atoms with Crippen LogP contribution in [0.4, 0.5) is 5.69 Å². The van der Waals surface area contributed by atoms with Crippen molar-refractivity contribution in [1.29, 1.82) is 0 Å². The quantitative estimate of drug-likeness (QED) is 0.724. The van der Waals surface area contributed by atoms with Gasteiger partial charge in [-0.05, 0) is 36.9 Å². The monoisotopic (exact) mass is 281 g/mol. The van der Waals surface area contributed by atoms with Crippen LogP contribution in [0.5, 0.6) is 0 Å². The zero-order valence-electron chi connectivity index (χ0n) is 11.4. The van der Waals surface area contributed by atoms with Gasteiger partial charge in [0.25, 0.3) is 0 Å². The van der Waals surface area contributed by atoms with Crippen molar-refractivity contribution >= 4 is 17.0 Å². The van der Waals surface area contributed by atoms with E-state index in [-0.39, 0.29) is 6.17 Å². The molecule has 0 amide bonds. The molecule has 0 spiro atoms. The summed E-state index contributed by atoms with van der Waals surface area (Å²) in [7, 11) is 0. The van der Waals surface area contributed by atoms with E-state index >= 15 is 0 Å². The zero-order chi connectivity index (χ0) is 13.7. The molecule has 4 rings (SSSR count). The average molecular weight is 281 g/mol. The van der Waals surface area contributed by atoms with E-state index in [9.17, 15) is 0 Å². The highest BCUT2D eigenvalue weighted by Gasteiger charge is 2.27. The van der Waals surface area contributed by atoms with Crippen molar-refractivity contribution in [3.8, 4) is 11.3 Å². The first-order valence-electron chi connectivity index (χ1n) is 6.70. The number of anilines is 1. The van der Waals surface area contributed by atoms with Gasteiger partial charge >= 0.3 is 0 Å². The smallest absolute Gasteiger partial charge is 0.156 e. The van der Waals surface area contributed by atoms with Gasteiger partial charge in [0.05, 0.1) is 11.4 Å². The summed E-state index contributed by atoms with van der Waals surface area (Å²) in [5.74, 6) is 0. The minimum absolute atomic E-state index is 0.0901. The van der Waals surface area contributed by atoms with Gasteiger partial charge in [0.1, 0.15) is 0 Å². The van der Waals surface area contributed by atoms with Crippen molar-refractivity contribution in [2.45, 2.75) is 20.0 Å². The van der Waals surface area contributed by atoms with E-state index < -0.39 is 0 Å². The van der Waals surface area contributed by atoms with Crippen LogP contribution < -0.4 is 5.32 Å². The number of aromatic nitrogens is 2. The van der Waals surface area contributed by atoms with E-state index in [1.165, 1.54) is 27.4 Å². The van der Waals surface area contributed by atoms with Crippen LogP contribution in [0, 0.1) is 13.8 Å². The Morgan fingerprint density at radius 3 is 2.90 bits per heavy atom. The maximum atomic E-state index is 4.68. The molecule has 3 nitrogen and oxygen atoms in total. The number of fused-ring (bicyclic) bond motifs is 3. The molecule has 0 bridgehead atoms. The Labute approximate surface area is 121 Å². The Kier molecular flexibility index (Phi) is 2.47. The van der Waals surface area contributed by atoms with E-state index in [0.29, 0.717) is 0 Å². The number of benzene rings is 1. The Bertz CT molecular complexity index is 771. The average Bonchev–Trinajstić information content (AvgIpc) is 3.06. The van der Waals surface area contributed by atoms with Crippen LogP contribution in [0.25, 0.3) is 11.3 Å². The second-order valence-corrected chi connectivity index (χ2v) is 6.15. The summed E-state index contributed by atoms with van der Waals surface area (Å²) in [6.45, 7) is 4.20. The third-order valence-corrected chi connectivity index (χ3v) is 4.67. The van der Waals surface area contributed by atoms with Crippen molar-refractivity contribution < 1.29 is 0 Å². The first-order chi connectivity index (χ1) is 9.74. The lowest BCUT2D eigenvalue weighted by molar-refractivity contribution is 0.578. The van der Waals surface area contributed by atoms with Crippen molar-refractivity contribution in [3.05, 3.63) is 57.9 Å². The number of nitrogens with zero attached hydrogens (tertiary/aromatic N) is 2. The van der Waals surface area contributed by atoms with E-state index in [4.69, 9.17) is 0 Å². The molecular weight excluding hydrogens is 266 g/mol. The van der Waals surface area contributed by atoms with Gasteiger partial charge in [-0.1, -0.05) is 24.3 Å². The molecule has 20 heavy (non-hydrogen) atoms. The minimum atomic E-state index is 0.0901. The van der Waals surface area contributed by atoms with Gasteiger partial charge in [0.2, 0.25) is 0 Å². The summed E-state index contributed by atoms with van der Waals surface area (Å²) >= 11 is 1.76. The molecule has 1 aliphatic heterocycles. The van der Waals surface area contributed by atoms with Crippen LogP contribution in [0.1, 0.15) is 22.3 Å². The first kappa shape index (κ1) is 11.7. The third kappa shape index (κ3) is 1.61. The lowest BCUT2D eigenvalue weighted by atomic mass is 10.0. The molecule has 3 aromatic rings. The molecule has 4 heteroatoms. The SMILES string of the molecule is Cc1cc2n(n1)[C@@H](c1cccs1)Nc1c(C)cccc1-2. The van der Waals surface area contributed by atoms with E-state index in [1.807, 2.05) is 6.92 Å². The predicted molar refractivity (Wildman–Crippen MR) is 83.2 cm³/mol. The molecule has 1 N–H and O–H groups in total. The Balaban J connectivity index is 1.97. The zero-order valence-corrected chi connectivity index (χ0v) is 12.2. The molecule has 0 radical (unpaired) electrons. The number of aryl methyl sites for hydroxylation is 2. The molecular formula is C16H15N3S. The number of rotatable bonds is 1. The number of hydrogen-bond donors (Lipinski definition) is 1. The van der Waals surface area contributed by atoms with Gasteiger partial charge < -0.3 is 5.32 Å². The van der Waals surface area contributed by atoms with E-state index in [0.717, 1.165) is 5.69 Å². The molecule has 1 aliphatic rings. The number of nitrogens with one attached hydrogen (secondary N) is 1. The highest BCUT2D eigenvalue weighted by molar-refractivity contribution is 7.10. The second kappa shape index (κ2) is 4.21. The van der Waals surface area contributed by atoms with Gasteiger partial charge in [-0.15, -0.1) is 11.3 Å². The van der Waals surface area contributed by atoms with Crippen molar-refractivity contribution in [1.82, 2.24) is 9.78 Å². The van der Waals surface area contributed by atoms with Crippen LogP contribution in [-0.4, -0.2) is 9.78 Å². The Morgan fingerprint density at radius 2 is 2.10 bits per heavy atom. The van der Waals surface area contributed by atoms with Crippen LogP contribution in [0.15, 0.2) is 41.8 Å². The second-order valence-electron chi connectivity index (χ2n) is 5.18. The molecule has 1 atom stereocenters. The molecule has 0 unspecified atom stereocenters. The molecule has 0 fully saturated rings. The van der Waals surface area contributed by atoms with Crippen LogP contribution in [0.3, 0.4) is 0 Å². The van der Waals surface area contributed by atoms with Crippen LogP contribution in [0.2, 0.25) is 0 Å². The Hall–Kier alpha value is -2.07. The van der Waals surface area contributed by atoms with Crippen molar-refractivity contribution in [2.24, 2.45) is 0 Å². The lowest BCUT2D eigenvalue weighted by Gasteiger charge is -2.29. The molecule has 3 heterocycles. The van der Waals surface area contributed by atoms with Gasteiger partial charge in [-0.3, -0.25) is 0 Å². The summed E-state index contributed by atoms with van der Waals surface area (Å²) in [6, 6.07) is 12.8. The molecule has 2 aromatic heterocycles. The molecule has 0 saturated heterocycles. The van der Waals surface area contributed by atoms with Gasteiger partial charge in [-0.25, -0.2) is 4.68 Å². The fourth-order valence-electron chi connectivity index (χ4n) is 2.82. The molecule has 0 aliphatic carbocycles.